The predicted molar refractivity (Wildman–Crippen MR) is 121 cm³/mol. The molecule has 0 radical (unpaired) electrons. The molecule has 2 aromatic carbocycles. The van der Waals surface area contributed by atoms with E-state index in [1.54, 1.807) is 54.6 Å². The summed E-state index contributed by atoms with van der Waals surface area (Å²) in [6.45, 7) is 2.46. The summed E-state index contributed by atoms with van der Waals surface area (Å²) in [5, 5.41) is 15.4. The number of carbonyl (C=O) groups is 1. The van der Waals surface area contributed by atoms with Gasteiger partial charge in [-0.1, -0.05) is 18.5 Å². The number of anilines is 1. The molecule has 1 aromatic heterocycles. The van der Waals surface area contributed by atoms with E-state index < -0.39 is 0 Å². The third-order valence-electron chi connectivity index (χ3n) is 4.12. The predicted octanol–water partition coefficient (Wildman–Crippen LogP) is 5.01. The molecule has 156 valence electrons. The minimum Gasteiger partial charge on any atom is -0.494 e. The number of ether oxygens (including phenoxy) is 1. The lowest BCUT2D eigenvalue weighted by molar-refractivity contribution is 0.0977. The zero-order valence-electron chi connectivity index (χ0n) is 16.3. The molecule has 3 rings (SSSR count). The molecule has 0 atom stereocenters. The number of carbonyl (C=O) groups excluding carboxylic acids is 1. The Hall–Kier alpha value is -2.87. The molecule has 0 saturated carbocycles. The first-order valence-electron chi connectivity index (χ1n) is 9.35. The standard InChI is InChI=1S/C22H21ClN2O4S/c1-2-11-28-16-6-3-14(4-7-16)21(27)25-22(30)24-15-5-9-19(23)18(12-15)20-10-8-17(13-26)29-20/h3-10,12,26H,2,11,13H2,1H3,(H2,24,25,27,30). The number of aliphatic hydroxyl groups is 1. The summed E-state index contributed by atoms with van der Waals surface area (Å²) in [6.07, 6.45) is 0.914. The van der Waals surface area contributed by atoms with E-state index in [0.29, 0.717) is 45.7 Å². The second-order valence-electron chi connectivity index (χ2n) is 6.40. The number of rotatable bonds is 7. The van der Waals surface area contributed by atoms with Gasteiger partial charge < -0.3 is 19.6 Å². The third-order valence-corrected chi connectivity index (χ3v) is 4.66. The minimum absolute atomic E-state index is 0.148. The number of nitrogens with one attached hydrogen (secondary N) is 2. The molecule has 0 aliphatic carbocycles. The molecule has 30 heavy (non-hydrogen) atoms. The second kappa shape index (κ2) is 10.2. The molecular weight excluding hydrogens is 424 g/mol. The highest BCUT2D eigenvalue weighted by Gasteiger charge is 2.12. The molecule has 1 heterocycles. The van der Waals surface area contributed by atoms with Gasteiger partial charge in [0.15, 0.2) is 5.11 Å². The Bertz CT molecular complexity index is 1030. The van der Waals surface area contributed by atoms with Crippen LogP contribution in [0.3, 0.4) is 0 Å². The van der Waals surface area contributed by atoms with Crippen LogP contribution in [0, 0.1) is 0 Å². The topological polar surface area (TPSA) is 83.7 Å². The van der Waals surface area contributed by atoms with Gasteiger partial charge in [-0.15, -0.1) is 0 Å². The molecule has 6 nitrogen and oxygen atoms in total. The van der Waals surface area contributed by atoms with Crippen LogP contribution in [0.25, 0.3) is 11.3 Å². The Morgan fingerprint density at radius 1 is 1.17 bits per heavy atom. The normalized spacial score (nSPS) is 10.5. The molecule has 0 saturated heterocycles. The summed E-state index contributed by atoms with van der Waals surface area (Å²) in [5.74, 6) is 1.34. The van der Waals surface area contributed by atoms with E-state index in [4.69, 9.17) is 38.1 Å². The number of amides is 1. The summed E-state index contributed by atoms with van der Waals surface area (Å²) in [4.78, 5) is 12.4. The summed E-state index contributed by atoms with van der Waals surface area (Å²) in [7, 11) is 0. The molecule has 0 aliphatic heterocycles. The average molecular weight is 445 g/mol. The Labute approximate surface area is 184 Å². The summed E-state index contributed by atoms with van der Waals surface area (Å²) >= 11 is 11.5. The van der Waals surface area contributed by atoms with E-state index >= 15 is 0 Å². The van der Waals surface area contributed by atoms with Gasteiger partial charge in [-0.2, -0.15) is 0 Å². The van der Waals surface area contributed by atoms with Crippen molar-refractivity contribution in [3.8, 4) is 17.1 Å². The van der Waals surface area contributed by atoms with Crippen LogP contribution in [0.2, 0.25) is 5.02 Å². The highest BCUT2D eigenvalue weighted by atomic mass is 35.5. The molecule has 0 unspecified atom stereocenters. The van der Waals surface area contributed by atoms with Gasteiger partial charge in [0.25, 0.3) is 5.91 Å². The Balaban J connectivity index is 1.64. The van der Waals surface area contributed by atoms with Gasteiger partial charge in [-0.05, 0) is 73.2 Å². The number of hydrogen-bond acceptors (Lipinski definition) is 5. The van der Waals surface area contributed by atoms with Crippen molar-refractivity contribution in [3.05, 3.63) is 70.9 Å². The van der Waals surface area contributed by atoms with Crippen molar-refractivity contribution in [1.29, 1.82) is 0 Å². The van der Waals surface area contributed by atoms with Gasteiger partial charge in [0, 0.05) is 16.8 Å². The van der Waals surface area contributed by atoms with Gasteiger partial charge in [-0.3, -0.25) is 10.1 Å². The lowest BCUT2D eigenvalue weighted by atomic mass is 10.1. The van der Waals surface area contributed by atoms with Gasteiger partial charge in [0.2, 0.25) is 0 Å². The molecule has 3 N–H and O–H groups in total. The highest BCUT2D eigenvalue weighted by molar-refractivity contribution is 7.80. The van der Waals surface area contributed by atoms with E-state index in [0.717, 1.165) is 6.42 Å². The van der Waals surface area contributed by atoms with Crippen LogP contribution < -0.4 is 15.4 Å². The minimum atomic E-state index is -0.331. The maximum absolute atomic E-state index is 12.4. The first-order valence-corrected chi connectivity index (χ1v) is 10.1. The number of benzene rings is 2. The lowest BCUT2D eigenvalue weighted by Crippen LogP contribution is -2.34. The highest BCUT2D eigenvalue weighted by Crippen LogP contribution is 2.32. The lowest BCUT2D eigenvalue weighted by Gasteiger charge is -2.11. The first-order chi connectivity index (χ1) is 14.5. The van der Waals surface area contributed by atoms with Gasteiger partial charge in [-0.25, -0.2) is 0 Å². The van der Waals surface area contributed by atoms with Crippen LogP contribution in [-0.4, -0.2) is 22.7 Å². The zero-order chi connectivity index (χ0) is 21.5. The van der Waals surface area contributed by atoms with Crippen LogP contribution in [0.4, 0.5) is 5.69 Å². The van der Waals surface area contributed by atoms with E-state index in [-0.39, 0.29) is 17.6 Å². The second-order valence-corrected chi connectivity index (χ2v) is 7.22. The van der Waals surface area contributed by atoms with Crippen molar-refractivity contribution in [2.45, 2.75) is 20.0 Å². The van der Waals surface area contributed by atoms with Gasteiger partial charge in [0.05, 0.1) is 11.6 Å². The third kappa shape index (κ3) is 5.60. The van der Waals surface area contributed by atoms with Crippen LogP contribution in [0.1, 0.15) is 29.5 Å². The average Bonchev–Trinajstić information content (AvgIpc) is 3.23. The first kappa shape index (κ1) is 21.8. The number of thiocarbonyl (C=S) groups is 1. The quantitative estimate of drug-likeness (QED) is 0.444. The monoisotopic (exact) mass is 444 g/mol. The molecule has 8 heteroatoms. The molecule has 3 aromatic rings. The fourth-order valence-electron chi connectivity index (χ4n) is 2.66. The zero-order valence-corrected chi connectivity index (χ0v) is 17.8. The van der Waals surface area contributed by atoms with E-state index in [2.05, 4.69) is 10.6 Å². The molecule has 0 bridgehead atoms. The fraction of sp³-hybridized carbons (Fsp3) is 0.182. The van der Waals surface area contributed by atoms with Gasteiger partial charge in [0.1, 0.15) is 23.9 Å². The summed E-state index contributed by atoms with van der Waals surface area (Å²) < 4.78 is 11.1. The van der Waals surface area contributed by atoms with Crippen LogP contribution in [0.15, 0.2) is 59.0 Å². The van der Waals surface area contributed by atoms with Crippen molar-refractivity contribution < 1.29 is 19.1 Å². The molecule has 0 fully saturated rings. The van der Waals surface area contributed by atoms with E-state index in [9.17, 15) is 4.79 Å². The Kier molecular flexibility index (Phi) is 7.46. The molecule has 0 spiro atoms. The van der Waals surface area contributed by atoms with Crippen molar-refractivity contribution in [2.24, 2.45) is 0 Å². The van der Waals surface area contributed by atoms with E-state index in [1.165, 1.54) is 0 Å². The molecule has 1 amide bonds. The Morgan fingerprint density at radius 2 is 1.93 bits per heavy atom. The smallest absolute Gasteiger partial charge is 0.257 e. The van der Waals surface area contributed by atoms with Crippen LogP contribution in [0.5, 0.6) is 5.75 Å². The molecular formula is C22H21ClN2O4S. The van der Waals surface area contributed by atoms with Crippen molar-refractivity contribution in [3.63, 3.8) is 0 Å². The van der Waals surface area contributed by atoms with Crippen LogP contribution in [-0.2, 0) is 6.61 Å². The summed E-state index contributed by atoms with van der Waals surface area (Å²) in [5.41, 5.74) is 1.73. The number of halogens is 1. The number of furan rings is 1. The van der Waals surface area contributed by atoms with Crippen LogP contribution >= 0.6 is 23.8 Å². The number of hydrogen-bond donors (Lipinski definition) is 3. The van der Waals surface area contributed by atoms with Crippen molar-refractivity contribution in [1.82, 2.24) is 5.32 Å². The van der Waals surface area contributed by atoms with Crippen molar-refractivity contribution in [2.75, 3.05) is 11.9 Å². The largest absolute Gasteiger partial charge is 0.494 e. The molecule has 0 aliphatic rings. The van der Waals surface area contributed by atoms with E-state index in [1.807, 2.05) is 6.92 Å². The SMILES string of the molecule is CCCOc1ccc(C(=O)NC(=S)Nc2ccc(Cl)c(-c3ccc(CO)o3)c2)cc1. The Morgan fingerprint density at radius 3 is 2.60 bits per heavy atom. The summed E-state index contributed by atoms with van der Waals surface area (Å²) in [6, 6.07) is 15.4. The number of aliphatic hydroxyl groups excluding tert-OH is 1. The van der Waals surface area contributed by atoms with Crippen molar-refractivity contribution >= 4 is 40.5 Å². The fourth-order valence-corrected chi connectivity index (χ4v) is 3.08. The maximum atomic E-state index is 12.4. The maximum Gasteiger partial charge on any atom is 0.257 e. The van der Waals surface area contributed by atoms with Gasteiger partial charge >= 0.3 is 0 Å².